The fourth-order valence-electron chi connectivity index (χ4n) is 1.91. The second kappa shape index (κ2) is 15.0. The summed E-state index contributed by atoms with van der Waals surface area (Å²) in [5.74, 6) is 0. The number of ether oxygens (including phenoxy) is 2. The number of hydrogen-bond acceptors (Lipinski definition) is 2. The summed E-state index contributed by atoms with van der Waals surface area (Å²) in [6, 6.07) is 0. The van der Waals surface area contributed by atoms with Crippen LogP contribution in [0.25, 0.3) is 0 Å². The first-order valence-electron chi connectivity index (χ1n) is 8.08. The molecule has 0 spiro atoms. The van der Waals surface area contributed by atoms with Gasteiger partial charge in [0.25, 0.3) is 0 Å². The molecular formula is C16H34O2. The lowest BCUT2D eigenvalue weighted by atomic mass is 10.2. The maximum atomic E-state index is 5.85. The SMILES string of the molecule is CCCCCOC(CCCCC)OCCCCC. The molecule has 0 radical (unpaired) electrons. The van der Waals surface area contributed by atoms with Crippen molar-refractivity contribution in [3.63, 3.8) is 0 Å². The van der Waals surface area contributed by atoms with Gasteiger partial charge in [0.2, 0.25) is 0 Å². The Kier molecular flexibility index (Phi) is 14.9. The van der Waals surface area contributed by atoms with Crippen LogP contribution < -0.4 is 0 Å². The van der Waals surface area contributed by atoms with Gasteiger partial charge < -0.3 is 9.47 Å². The maximum Gasteiger partial charge on any atom is 0.157 e. The normalized spacial score (nSPS) is 11.3. The summed E-state index contributed by atoms with van der Waals surface area (Å²) in [5.41, 5.74) is 0. The quantitative estimate of drug-likeness (QED) is 0.311. The molecule has 0 amide bonds. The summed E-state index contributed by atoms with van der Waals surface area (Å²) >= 11 is 0. The van der Waals surface area contributed by atoms with Gasteiger partial charge in [-0.3, -0.25) is 0 Å². The molecule has 18 heavy (non-hydrogen) atoms. The third-order valence-corrected chi connectivity index (χ3v) is 3.15. The minimum Gasteiger partial charge on any atom is -0.353 e. The van der Waals surface area contributed by atoms with E-state index in [9.17, 15) is 0 Å². The molecule has 0 atom stereocenters. The maximum absolute atomic E-state index is 5.85. The van der Waals surface area contributed by atoms with E-state index in [2.05, 4.69) is 20.8 Å². The van der Waals surface area contributed by atoms with Crippen LogP contribution >= 0.6 is 0 Å². The van der Waals surface area contributed by atoms with E-state index < -0.39 is 0 Å². The Morgan fingerprint density at radius 3 is 1.50 bits per heavy atom. The summed E-state index contributed by atoms with van der Waals surface area (Å²) < 4.78 is 11.7. The first-order valence-corrected chi connectivity index (χ1v) is 8.08. The van der Waals surface area contributed by atoms with Crippen molar-refractivity contribution in [3.8, 4) is 0 Å². The van der Waals surface area contributed by atoms with Crippen molar-refractivity contribution in [3.05, 3.63) is 0 Å². The van der Waals surface area contributed by atoms with Crippen LogP contribution in [0.1, 0.15) is 85.0 Å². The Morgan fingerprint density at radius 2 is 1.06 bits per heavy atom. The van der Waals surface area contributed by atoms with Crippen LogP contribution in [0.2, 0.25) is 0 Å². The minimum absolute atomic E-state index is 0.0465. The Labute approximate surface area is 114 Å². The van der Waals surface area contributed by atoms with Gasteiger partial charge in [0.05, 0.1) is 0 Å². The highest BCUT2D eigenvalue weighted by atomic mass is 16.7. The van der Waals surface area contributed by atoms with E-state index in [1.54, 1.807) is 0 Å². The summed E-state index contributed by atoms with van der Waals surface area (Å²) in [5, 5.41) is 0. The Morgan fingerprint density at radius 1 is 0.611 bits per heavy atom. The largest absolute Gasteiger partial charge is 0.353 e. The lowest BCUT2D eigenvalue weighted by Crippen LogP contribution is -2.19. The van der Waals surface area contributed by atoms with Gasteiger partial charge in [0, 0.05) is 13.2 Å². The van der Waals surface area contributed by atoms with Gasteiger partial charge in [-0.1, -0.05) is 59.3 Å². The molecule has 2 nitrogen and oxygen atoms in total. The van der Waals surface area contributed by atoms with Crippen molar-refractivity contribution in [1.82, 2.24) is 0 Å². The first-order chi connectivity index (χ1) is 8.85. The molecule has 0 heterocycles. The molecule has 0 fully saturated rings. The highest BCUT2D eigenvalue weighted by Gasteiger charge is 2.08. The molecule has 110 valence electrons. The fourth-order valence-corrected chi connectivity index (χ4v) is 1.91. The zero-order valence-electron chi connectivity index (χ0n) is 12.9. The van der Waals surface area contributed by atoms with Gasteiger partial charge in [0.1, 0.15) is 0 Å². The second-order valence-electron chi connectivity index (χ2n) is 5.08. The number of rotatable bonds is 14. The number of hydrogen-bond donors (Lipinski definition) is 0. The highest BCUT2D eigenvalue weighted by molar-refractivity contribution is 4.49. The second-order valence-corrected chi connectivity index (χ2v) is 5.08. The van der Waals surface area contributed by atoms with Crippen molar-refractivity contribution >= 4 is 0 Å². The van der Waals surface area contributed by atoms with Crippen LogP contribution in [0, 0.1) is 0 Å². The van der Waals surface area contributed by atoms with Gasteiger partial charge in [-0.15, -0.1) is 0 Å². The van der Waals surface area contributed by atoms with Crippen molar-refractivity contribution in [2.45, 2.75) is 91.3 Å². The minimum atomic E-state index is 0.0465. The number of unbranched alkanes of at least 4 members (excludes halogenated alkanes) is 6. The fraction of sp³-hybridized carbons (Fsp3) is 1.00. The third kappa shape index (κ3) is 12.4. The summed E-state index contributed by atoms with van der Waals surface area (Å²) in [7, 11) is 0. The molecular weight excluding hydrogens is 224 g/mol. The van der Waals surface area contributed by atoms with Crippen molar-refractivity contribution in [1.29, 1.82) is 0 Å². The molecule has 0 aromatic rings. The van der Waals surface area contributed by atoms with Crippen molar-refractivity contribution < 1.29 is 9.47 Å². The van der Waals surface area contributed by atoms with E-state index in [4.69, 9.17) is 9.47 Å². The van der Waals surface area contributed by atoms with Gasteiger partial charge in [-0.05, 0) is 25.7 Å². The van der Waals surface area contributed by atoms with Crippen LogP contribution in [0.4, 0.5) is 0 Å². The zero-order chi connectivity index (χ0) is 13.5. The van der Waals surface area contributed by atoms with Crippen LogP contribution in [0.15, 0.2) is 0 Å². The van der Waals surface area contributed by atoms with Crippen molar-refractivity contribution in [2.75, 3.05) is 13.2 Å². The standard InChI is InChI=1S/C16H34O2/c1-4-7-10-13-16(17-14-11-8-5-2)18-15-12-9-6-3/h16H,4-15H2,1-3H3. The van der Waals surface area contributed by atoms with Crippen LogP contribution in [0.3, 0.4) is 0 Å². The van der Waals surface area contributed by atoms with E-state index in [1.807, 2.05) is 0 Å². The third-order valence-electron chi connectivity index (χ3n) is 3.15. The molecule has 0 aromatic heterocycles. The Bertz CT molecular complexity index is 136. The zero-order valence-corrected chi connectivity index (χ0v) is 12.9. The summed E-state index contributed by atoms with van der Waals surface area (Å²) in [4.78, 5) is 0. The molecule has 0 aromatic carbocycles. The van der Waals surface area contributed by atoms with Gasteiger partial charge in [-0.25, -0.2) is 0 Å². The highest BCUT2D eigenvalue weighted by Crippen LogP contribution is 2.10. The molecule has 0 aliphatic heterocycles. The molecule has 0 saturated carbocycles. The topological polar surface area (TPSA) is 18.5 Å². The smallest absolute Gasteiger partial charge is 0.157 e. The molecule has 0 unspecified atom stereocenters. The van der Waals surface area contributed by atoms with Gasteiger partial charge in [0.15, 0.2) is 6.29 Å². The van der Waals surface area contributed by atoms with E-state index in [0.29, 0.717) is 0 Å². The van der Waals surface area contributed by atoms with Crippen LogP contribution in [-0.2, 0) is 9.47 Å². The molecule has 0 bridgehead atoms. The molecule has 2 heteroatoms. The summed E-state index contributed by atoms with van der Waals surface area (Å²) in [6.07, 6.45) is 12.2. The van der Waals surface area contributed by atoms with E-state index in [-0.39, 0.29) is 6.29 Å². The van der Waals surface area contributed by atoms with Crippen molar-refractivity contribution in [2.24, 2.45) is 0 Å². The Balaban J connectivity index is 3.62. The van der Waals surface area contributed by atoms with E-state index in [0.717, 1.165) is 19.6 Å². The molecule has 0 saturated heterocycles. The van der Waals surface area contributed by atoms with Crippen LogP contribution in [0.5, 0.6) is 0 Å². The monoisotopic (exact) mass is 258 g/mol. The average molecular weight is 258 g/mol. The van der Waals surface area contributed by atoms with E-state index in [1.165, 1.54) is 57.8 Å². The molecule has 0 N–H and O–H groups in total. The lowest BCUT2D eigenvalue weighted by Gasteiger charge is -2.18. The van der Waals surface area contributed by atoms with Crippen LogP contribution in [-0.4, -0.2) is 19.5 Å². The van der Waals surface area contributed by atoms with Gasteiger partial charge in [-0.2, -0.15) is 0 Å². The predicted molar refractivity (Wildman–Crippen MR) is 78.9 cm³/mol. The first kappa shape index (κ1) is 17.9. The molecule has 0 aliphatic rings. The molecule has 0 aliphatic carbocycles. The average Bonchev–Trinajstić information content (AvgIpc) is 2.39. The lowest BCUT2D eigenvalue weighted by molar-refractivity contribution is -0.148. The summed E-state index contributed by atoms with van der Waals surface area (Å²) in [6.45, 7) is 8.40. The van der Waals surface area contributed by atoms with E-state index >= 15 is 0 Å². The molecule has 0 rings (SSSR count). The Hall–Kier alpha value is -0.0800. The van der Waals surface area contributed by atoms with Gasteiger partial charge >= 0.3 is 0 Å². The predicted octanol–water partition coefficient (Wildman–Crippen LogP) is 5.31.